The van der Waals surface area contributed by atoms with Gasteiger partial charge in [-0.3, -0.25) is 4.79 Å². The standard InChI is InChI=1S/C15H17NO3S2/c1-11(16-15(17)9-12-7-8-20-10-12)13-3-5-14(6-4-13)21(2,18)19/h3-8,10-11H,9H2,1-2H3,(H,16,17). The van der Waals surface area contributed by atoms with E-state index in [1.807, 2.05) is 23.8 Å². The van der Waals surface area contributed by atoms with Crippen LogP contribution >= 0.6 is 11.3 Å². The summed E-state index contributed by atoms with van der Waals surface area (Å²) in [5, 5.41) is 6.80. The van der Waals surface area contributed by atoms with Crippen LogP contribution < -0.4 is 5.32 Å². The van der Waals surface area contributed by atoms with Gasteiger partial charge in [-0.2, -0.15) is 11.3 Å². The van der Waals surface area contributed by atoms with Gasteiger partial charge in [0.2, 0.25) is 5.91 Å². The molecule has 1 atom stereocenters. The maximum atomic E-state index is 11.9. The fourth-order valence-corrected chi connectivity index (χ4v) is 3.26. The highest BCUT2D eigenvalue weighted by atomic mass is 32.2. The Morgan fingerprint density at radius 3 is 2.43 bits per heavy atom. The molecule has 0 saturated carbocycles. The highest BCUT2D eigenvalue weighted by molar-refractivity contribution is 7.90. The fraction of sp³-hybridized carbons (Fsp3) is 0.267. The van der Waals surface area contributed by atoms with Crippen LogP contribution in [0, 0.1) is 0 Å². The van der Waals surface area contributed by atoms with Crippen molar-refractivity contribution in [2.24, 2.45) is 0 Å². The molecular weight excluding hydrogens is 306 g/mol. The summed E-state index contributed by atoms with van der Waals surface area (Å²) >= 11 is 1.56. The molecule has 1 aromatic heterocycles. The number of carbonyl (C=O) groups is 1. The molecule has 1 heterocycles. The van der Waals surface area contributed by atoms with E-state index in [9.17, 15) is 13.2 Å². The Kier molecular flexibility index (Phi) is 4.80. The van der Waals surface area contributed by atoms with Crippen LogP contribution in [0.5, 0.6) is 0 Å². The normalized spacial score (nSPS) is 12.9. The summed E-state index contributed by atoms with van der Waals surface area (Å²) in [6.45, 7) is 1.88. The van der Waals surface area contributed by atoms with E-state index in [0.29, 0.717) is 6.42 Å². The molecule has 0 spiro atoms. The molecule has 0 aliphatic rings. The summed E-state index contributed by atoms with van der Waals surface area (Å²) in [6, 6.07) is 8.34. The third-order valence-corrected chi connectivity index (χ3v) is 4.99. The molecule has 0 radical (unpaired) electrons. The van der Waals surface area contributed by atoms with Crippen molar-refractivity contribution < 1.29 is 13.2 Å². The number of thiophene rings is 1. The summed E-state index contributed by atoms with van der Waals surface area (Å²) < 4.78 is 22.8. The van der Waals surface area contributed by atoms with E-state index in [2.05, 4.69) is 5.32 Å². The van der Waals surface area contributed by atoms with Crippen molar-refractivity contribution in [2.45, 2.75) is 24.3 Å². The predicted molar refractivity (Wildman–Crippen MR) is 84.1 cm³/mol. The molecule has 6 heteroatoms. The molecule has 21 heavy (non-hydrogen) atoms. The molecule has 4 nitrogen and oxygen atoms in total. The van der Waals surface area contributed by atoms with Crippen molar-refractivity contribution in [3.8, 4) is 0 Å². The van der Waals surface area contributed by atoms with Crippen LogP contribution in [-0.4, -0.2) is 20.6 Å². The van der Waals surface area contributed by atoms with Gasteiger partial charge in [-0.25, -0.2) is 8.42 Å². The number of hydrogen-bond acceptors (Lipinski definition) is 4. The maximum Gasteiger partial charge on any atom is 0.224 e. The summed E-state index contributed by atoms with van der Waals surface area (Å²) in [4.78, 5) is 12.2. The van der Waals surface area contributed by atoms with Crippen molar-refractivity contribution in [1.29, 1.82) is 0 Å². The summed E-state index contributed by atoms with van der Waals surface area (Å²) in [5.41, 5.74) is 1.87. The highest BCUT2D eigenvalue weighted by Crippen LogP contribution is 2.16. The van der Waals surface area contributed by atoms with Crippen LogP contribution in [-0.2, 0) is 21.1 Å². The van der Waals surface area contributed by atoms with Crippen LogP contribution in [0.2, 0.25) is 0 Å². The van der Waals surface area contributed by atoms with Crippen LogP contribution in [0.4, 0.5) is 0 Å². The third-order valence-electron chi connectivity index (χ3n) is 3.13. The Hall–Kier alpha value is -1.66. The lowest BCUT2D eigenvalue weighted by molar-refractivity contribution is -0.121. The highest BCUT2D eigenvalue weighted by Gasteiger charge is 2.12. The first-order valence-electron chi connectivity index (χ1n) is 6.47. The molecule has 1 amide bonds. The van der Waals surface area contributed by atoms with Crippen molar-refractivity contribution >= 4 is 27.1 Å². The molecule has 1 N–H and O–H groups in total. The van der Waals surface area contributed by atoms with Gasteiger partial charge in [0.05, 0.1) is 17.4 Å². The van der Waals surface area contributed by atoms with Gasteiger partial charge in [-0.05, 0) is 47.0 Å². The second-order valence-electron chi connectivity index (χ2n) is 4.94. The first kappa shape index (κ1) is 15.7. The maximum absolute atomic E-state index is 11.9. The quantitative estimate of drug-likeness (QED) is 0.920. The van der Waals surface area contributed by atoms with Gasteiger partial charge in [0.25, 0.3) is 0 Å². The lowest BCUT2D eigenvalue weighted by Crippen LogP contribution is -2.27. The Bertz CT molecular complexity index is 704. The SMILES string of the molecule is CC(NC(=O)Cc1ccsc1)c1ccc(S(C)(=O)=O)cc1. The molecule has 1 unspecified atom stereocenters. The minimum atomic E-state index is -3.19. The summed E-state index contributed by atoms with van der Waals surface area (Å²) in [6.07, 6.45) is 1.53. The van der Waals surface area contributed by atoms with E-state index in [0.717, 1.165) is 11.1 Å². The van der Waals surface area contributed by atoms with Crippen molar-refractivity contribution in [3.05, 3.63) is 52.2 Å². The smallest absolute Gasteiger partial charge is 0.224 e. The van der Waals surface area contributed by atoms with Crippen molar-refractivity contribution in [1.82, 2.24) is 5.32 Å². The molecule has 0 aliphatic heterocycles. The zero-order chi connectivity index (χ0) is 15.5. The van der Waals surface area contributed by atoms with Crippen LogP contribution in [0.25, 0.3) is 0 Å². The number of rotatable bonds is 5. The number of sulfone groups is 1. The number of carbonyl (C=O) groups excluding carboxylic acids is 1. The van der Waals surface area contributed by atoms with Crippen LogP contribution in [0.1, 0.15) is 24.1 Å². The summed E-state index contributed by atoms with van der Waals surface area (Å²) in [5.74, 6) is -0.0481. The largest absolute Gasteiger partial charge is 0.349 e. The lowest BCUT2D eigenvalue weighted by atomic mass is 10.1. The van der Waals surface area contributed by atoms with Gasteiger partial charge in [-0.1, -0.05) is 12.1 Å². The monoisotopic (exact) mass is 323 g/mol. The van der Waals surface area contributed by atoms with Gasteiger partial charge in [-0.15, -0.1) is 0 Å². The predicted octanol–water partition coefficient (Wildman–Crippen LogP) is 2.57. The average Bonchev–Trinajstić information content (AvgIpc) is 2.90. The van der Waals surface area contributed by atoms with E-state index in [1.165, 1.54) is 6.26 Å². The van der Waals surface area contributed by atoms with Gasteiger partial charge in [0.1, 0.15) is 0 Å². The Morgan fingerprint density at radius 2 is 1.90 bits per heavy atom. The van der Waals surface area contributed by atoms with Crippen LogP contribution in [0.15, 0.2) is 46.0 Å². The second kappa shape index (κ2) is 6.41. The first-order chi connectivity index (χ1) is 9.86. The van der Waals surface area contributed by atoms with E-state index in [1.54, 1.807) is 35.6 Å². The van der Waals surface area contributed by atoms with Crippen LogP contribution in [0.3, 0.4) is 0 Å². The molecule has 112 valence electrons. The van der Waals surface area contributed by atoms with Gasteiger partial charge < -0.3 is 5.32 Å². The average molecular weight is 323 g/mol. The van der Waals surface area contributed by atoms with Crippen molar-refractivity contribution in [2.75, 3.05) is 6.26 Å². The number of benzene rings is 1. The molecule has 0 bridgehead atoms. The number of nitrogens with one attached hydrogen (secondary N) is 1. The molecule has 2 rings (SSSR count). The van der Waals surface area contributed by atoms with Gasteiger partial charge in [0.15, 0.2) is 9.84 Å². The third kappa shape index (κ3) is 4.41. The Labute approximate surface area is 128 Å². The second-order valence-corrected chi connectivity index (χ2v) is 7.73. The van der Waals surface area contributed by atoms with E-state index in [-0.39, 0.29) is 16.8 Å². The van der Waals surface area contributed by atoms with E-state index >= 15 is 0 Å². The summed E-state index contributed by atoms with van der Waals surface area (Å²) in [7, 11) is -3.19. The lowest BCUT2D eigenvalue weighted by Gasteiger charge is -2.14. The molecule has 0 saturated heterocycles. The fourth-order valence-electron chi connectivity index (χ4n) is 1.96. The molecule has 1 aromatic carbocycles. The van der Waals surface area contributed by atoms with E-state index < -0.39 is 9.84 Å². The Morgan fingerprint density at radius 1 is 1.24 bits per heavy atom. The first-order valence-corrected chi connectivity index (χ1v) is 9.30. The minimum Gasteiger partial charge on any atom is -0.349 e. The molecule has 0 fully saturated rings. The number of amides is 1. The minimum absolute atomic E-state index is 0.0481. The van der Waals surface area contributed by atoms with Crippen molar-refractivity contribution in [3.63, 3.8) is 0 Å². The topological polar surface area (TPSA) is 63.2 Å². The van der Waals surface area contributed by atoms with Gasteiger partial charge in [0, 0.05) is 6.26 Å². The number of hydrogen-bond donors (Lipinski definition) is 1. The zero-order valence-electron chi connectivity index (χ0n) is 11.9. The van der Waals surface area contributed by atoms with E-state index in [4.69, 9.17) is 0 Å². The Balaban J connectivity index is 2.00. The van der Waals surface area contributed by atoms with Gasteiger partial charge >= 0.3 is 0 Å². The molecular formula is C15H17NO3S2. The molecule has 0 aliphatic carbocycles. The zero-order valence-corrected chi connectivity index (χ0v) is 13.5. The molecule has 2 aromatic rings.